The molecule has 2 aliphatic carbocycles. The number of carbonyl (C=O) groups is 1. The third kappa shape index (κ3) is 5.26. The van der Waals surface area contributed by atoms with Gasteiger partial charge in [-0.25, -0.2) is 0 Å². The highest BCUT2D eigenvalue weighted by Crippen LogP contribution is 2.37. The number of thioether (sulfide) groups is 1. The zero-order valence-corrected chi connectivity index (χ0v) is 15.2. The van der Waals surface area contributed by atoms with Crippen LogP contribution in [0.15, 0.2) is 0 Å². The van der Waals surface area contributed by atoms with E-state index in [2.05, 4.69) is 16.0 Å². The Morgan fingerprint density at radius 3 is 2.68 bits per heavy atom. The van der Waals surface area contributed by atoms with Gasteiger partial charge < -0.3 is 10.6 Å². The van der Waals surface area contributed by atoms with Crippen molar-refractivity contribution < 1.29 is 18.0 Å². The van der Waals surface area contributed by atoms with Gasteiger partial charge in [-0.15, -0.1) is 11.8 Å². The smallest absolute Gasteiger partial charge is 0.353 e. The van der Waals surface area contributed by atoms with Crippen LogP contribution < -0.4 is 16.0 Å². The second kappa shape index (κ2) is 8.48. The summed E-state index contributed by atoms with van der Waals surface area (Å²) in [6, 6.07) is 0.193. The van der Waals surface area contributed by atoms with Gasteiger partial charge in [-0.2, -0.15) is 13.2 Å². The molecule has 3 fully saturated rings. The lowest BCUT2D eigenvalue weighted by atomic mass is 9.83. The van der Waals surface area contributed by atoms with Crippen LogP contribution in [0.5, 0.6) is 0 Å². The van der Waals surface area contributed by atoms with Crippen LogP contribution in [-0.2, 0) is 4.79 Å². The molecule has 0 radical (unpaired) electrons. The number of hydrogen-bond donors (Lipinski definition) is 3. The summed E-state index contributed by atoms with van der Waals surface area (Å²) in [4.78, 5) is 12.2. The molecule has 5 unspecified atom stereocenters. The highest BCUT2D eigenvalue weighted by molar-refractivity contribution is 8.00. The molecule has 2 saturated carbocycles. The Kier molecular flexibility index (Phi) is 6.55. The zero-order chi connectivity index (χ0) is 17.9. The second-order valence-corrected chi connectivity index (χ2v) is 8.67. The number of rotatable bonds is 4. The first-order valence-electron chi connectivity index (χ1n) is 9.38. The molecule has 1 heterocycles. The van der Waals surface area contributed by atoms with E-state index in [1.54, 1.807) is 11.8 Å². The Bertz CT molecular complexity index is 461. The molecule has 1 aliphatic heterocycles. The number of carbonyl (C=O) groups excluding carboxylic acids is 1. The zero-order valence-electron chi connectivity index (χ0n) is 14.4. The lowest BCUT2D eigenvalue weighted by Gasteiger charge is -2.42. The standard InChI is InChI=1S/C17H28F3N3OS/c18-17(19,20)11-4-3-5-12(8-11)23-15(24)9-25-16-13-6-1-2-7-14(13)21-10-22-16/h11-14,16,21-22H,1-10H2,(H,23,24). The van der Waals surface area contributed by atoms with Crippen LogP contribution in [0.2, 0.25) is 0 Å². The highest BCUT2D eigenvalue weighted by Gasteiger charge is 2.42. The van der Waals surface area contributed by atoms with Gasteiger partial charge in [0, 0.05) is 18.8 Å². The molecule has 3 aliphatic rings. The van der Waals surface area contributed by atoms with E-state index < -0.39 is 12.1 Å². The minimum atomic E-state index is -4.15. The number of alkyl halides is 3. The molecule has 0 aromatic carbocycles. The molecule has 5 atom stereocenters. The molecule has 4 nitrogen and oxygen atoms in total. The lowest BCUT2D eigenvalue weighted by molar-refractivity contribution is -0.184. The van der Waals surface area contributed by atoms with Crippen LogP contribution in [0.1, 0.15) is 51.4 Å². The van der Waals surface area contributed by atoms with E-state index >= 15 is 0 Å². The average Bonchev–Trinajstić information content (AvgIpc) is 2.59. The predicted molar refractivity (Wildman–Crippen MR) is 93.1 cm³/mol. The van der Waals surface area contributed by atoms with E-state index in [1.165, 1.54) is 25.7 Å². The van der Waals surface area contributed by atoms with Crippen LogP contribution in [0.3, 0.4) is 0 Å². The minimum Gasteiger partial charge on any atom is -0.353 e. The summed E-state index contributed by atoms with van der Waals surface area (Å²) >= 11 is 1.60. The molecule has 3 N–H and O–H groups in total. The van der Waals surface area contributed by atoms with Crippen molar-refractivity contribution in [1.29, 1.82) is 0 Å². The fraction of sp³-hybridized carbons (Fsp3) is 0.941. The Labute approximate surface area is 151 Å². The Morgan fingerprint density at radius 2 is 1.88 bits per heavy atom. The molecular formula is C17H28F3N3OS. The summed E-state index contributed by atoms with van der Waals surface area (Å²) in [6.45, 7) is 0.760. The maximum atomic E-state index is 12.9. The predicted octanol–water partition coefficient (Wildman–Crippen LogP) is 2.99. The SMILES string of the molecule is O=C(CSC1NCNC2CCCCC21)NC1CCCC(C(F)(F)F)C1. The molecule has 0 aromatic heterocycles. The minimum absolute atomic E-state index is 0.0240. The third-order valence-corrected chi connectivity index (χ3v) is 7.08. The van der Waals surface area contributed by atoms with Gasteiger partial charge in [-0.3, -0.25) is 10.1 Å². The number of nitrogens with one attached hydrogen (secondary N) is 3. The quantitative estimate of drug-likeness (QED) is 0.703. The maximum Gasteiger partial charge on any atom is 0.391 e. The van der Waals surface area contributed by atoms with E-state index in [1.807, 2.05) is 0 Å². The summed E-state index contributed by atoms with van der Waals surface area (Å²) in [5.41, 5.74) is 0. The molecule has 1 amide bonds. The van der Waals surface area contributed by atoms with Crippen LogP contribution in [-0.4, -0.2) is 42.0 Å². The Hall–Kier alpha value is -0.470. The maximum absolute atomic E-state index is 12.9. The third-order valence-electron chi connectivity index (χ3n) is 5.77. The van der Waals surface area contributed by atoms with Gasteiger partial charge in [0.05, 0.1) is 17.0 Å². The van der Waals surface area contributed by atoms with Gasteiger partial charge in [0.2, 0.25) is 5.91 Å². The number of amides is 1. The van der Waals surface area contributed by atoms with E-state index in [4.69, 9.17) is 0 Å². The van der Waals surface area contributed by atoms with E-state index in [9.17, 15) is 18.0 Å². The first-order chi connectivity index (χ1) is 11.9. The van der Waals surface area contributed by atoms with E-state index in [0.29, 0.717) is 30.6 Å². The van der Waals surface area contributed by atoms with Crippen molar-refractivity contribution in [2.24, 2.45) is 11.8 Å². The Balaban J connectivity index is 1.43. The fourth-order valence-corrected chi connectivity index (χ4v) is 5.64. The molecule has 3 rings (SSSR count). The van der Waals surface area contributed by atoms with Gasteiger partial charge >= 0.3 is 6.18 Å². The van der Waals surface area contributed by atoms with Gasteiger partial charge in [0.15, 0.2) is 0 Å². The van der Waals surface area contributed by atoms with Crippen molar-refractivity contribution in [3.05, 3.63) is 0 Å². The van der Waals surface area contributed by atoms with Gasteiger partial charge in [0.25, 0.3) is 0 Å². The van der Waals surface area contributed by atoms with Crippen molar-refractivity contribution in [3.63, 3.8) is 0 Å². The summed E-state index contributed by atoms with van der Waals surface area (Å²) in [5, 5.41) is 10.0. The van der Waals surface area contributed by atoms with Gasteiger partial charge in [0.1, 0.15) is 0 Å². The normalized spacial score (nSPS) is 36.5. The average molecular weight is 379 g/mol. The van der Waals surface area contributed by atoms with Crippen molar-refractivity contribution in [3.8, 4) is 0 Å². The highest BCUT2D eigenvalue weighted by atomic mass is 32.2. The van der Waals surface area contributed by atoms with E-state index in [-0.39, 0.29) is 30.2 Å². The first kappa shape index (κ1) is 19.3. The van der Waals surface area contributed by atoms with Gasteiger partial charge in [-0.05, 0) is 38.0 Å². The van der Waals surface area contributed by atoms with Crippen molar-refractivity contribution in [1.82, 2.24) is 16.0 Å². The van der Waals surface area contributed by atoms with Crippen LogP contribution in [0.4, 0.5) is 13.2 Å². The van der Waals surface area contributed by atoms with Gasteiger partial charge in [-0.1, -0.05) is 19.3 Å². The summed E-state index contributed by atoms with van der Waals surface area (Å²) < 4.78 is 38.6. The monoisotopic (exact) mass is 379 g/mol. The molecule has 0 bridgehead atoms. The lowest BCUT2D eigenvalue weighted by Crippen LogP contribution is -2.57. The molecule has 0 aromatic rings. The van der Waals surface area contributed by atoms with E-state index in [0.717, 1.165) is 6.67 Å². The fourth-order valence-electron chi connectivity index (χ4n) is 4.45. The summed E-state index contributed by atoms with van der Waals surface area (Å²) in [6.07, 6.45) is 2.09. The topological polar surface area (TPSA) is 53.2 Å². The molecule has 8 heteroatoms. The molecule has 25 heavy (non-hydrogen) atoms. The molecular weight excluding hydrogens is 351 g/mol. The number of fused-ring (bicyclic) bond motifs is 1. The van der Waals surface area contributed by atoms with Crippen LogP contribution in [0, 0.1) is 11.8 Å². The first-order valence-corrected chi connectivity index (χ1v) is 10.4. The summed E-state index contributed by atoms with van der Waals surface area (Å²) in [7, 11) is 0. The van der Waals surface area contributed by atoms with Crippen molar-refractivity contribution >= 4 is 17.7 Å². The second-order valence-electron chi connectivity index (χ2n) is 7.54. The summed E-state index contributed by atoms with van der Waals surface area (Å²) in [5.74, 6) is -0.558. The van der Waals surface area contributed by atoms with Crippen molar-refractivity contribution in [2.45, 2.75) is 75.0 Å². The molecule has 144 valence electrons. The van der Waals surface area contributed by atoms with Crippen LogP contribution >= 0.6 is 11.8 Å². The molecule has 0 spiro atoms. The number of halogens is 3. The van der Waals surface area contributed by atoms with Crippen molar-refractivity contribution in [2.75, 3.05) is 12.4 Å². The Morgan fingerprint density at radius 1 is 1.08 bits per heavy atom. The number of hydrogen-bond acceptors (Lipinski definition) is 4. The largest absolute Gasteiger partial charge is 0.391 e. The van der Waals surface area contributed by atoms with Crippen LogP contribution in [0.25, 0.3) is 0 Å². The molecule has 1 saturated heterocycles.